The molecule has 0 aliphatic carbocycles. The molecule has 1 aliphatic heterocycles. The zero-order valence-corrected chi connectivity index (χ0v) is 19.6. The predicted molar refractivity (Wildman–Crippen MR) is 122 cm³/mol. The molecule has 0 atom stereocenters. The fraction of sp³-hybridized carbons (Fsp3) is 0.308. The molecule has 0 saturated carbocycles. The van der Waals surface area contributed by atoms with E-state index in [9.17, 15) is 26.3 Å². The van der Waals surface area contributed by atoms with Crippen LogP contribution in [0.3, 0.4) is 0 Å². The fourth-order valence-corrected chi connectivity index (χ4v) is 2.98. The summed E-state index contributed by atoms with van der Waals surface area (Å²) in [5.74, 6) is -6.31. The monoisotopic (exact) mass is 516 g/mol. The number of hydrogen-bond acceptors (Lipinski definition) is 4. The molecule has 1 fully saturated rings. The number of ether oxygens (including phenoxy) is 4. The van der Waals surface area contributed by atoms with Gasteiger partial charge in [0, 0.05) is 29.7 Å². The Bertz CT molecular complexity index is 1070. The van der Waals surface area contributed by atoms with Crippen molar-refractivity contribution in [3.05, 3.63) is 108 Å². The van der Waals surface area contributed by atoms with Crippen LogP contribution in [0.4, 0.5) is 26.3 Å². The molecule has 0 amide bonds. The summed E-state index contributed by atoms with van der Waals surface area (Å²) in [6, 6.07) is 2.80. The second-order valence-corrected chi connectivity index (χ2v) is 7.74. The molecule has 1 aromatic rings. The number of allylic oxidation sites excluding steroid dienone is 7. The van der Waals surface area contributed by atoms with Crippen LogP contribution in [0, 0.1) is 11.7 Å². The third-order valence-electron chi connectivity index (χ3n) is 4.89. The van der Waals surface area contributed by atoms with Gasteiger partial charge in [-0.2, -0.15) is 8.78 Å². The molecule has 10 heteroatoms. The fourth-order valence-electron chi connectivity index (χ4n) is 2.98. The summed E-state index contributed by atoms with van der Waals surface area (Å²) in [5, 5.41) is 0. The molecular weight excluding hydrogens is 490 g/mol. The molecule has 36 heavy (non-hydrogen) atoms. The lowest BCUT2D eigenvalue weighted by molar-refractivity contribution is -0.223. The van der Waals surface area contributed by atoms with Crippen molar-refractivity contribution in [3.8, 4) is 0 Å². The molecule has 0 spiro atoms. The van der Waals surface area contributed by atoms with Crippen molar-refractivity contribution in [2.45, 2.75) is 19.3 Å². The lowest BCUT2D eigenvalue weighted by atomic mass is 10.1. The Balaban J connectivity index is 2.06. The molecule has 1 aliphatic rings. The maximum absolute atomic E-state index is 14.6. The van der Waals surface area contributed by atoms with Gasteiger partial charge in [0.05, 0.1) is 25.4 Å². The largest absolute Gasteiger partial charge is 0.429 e. The summed E-state index contributed by atoms with van der Waals surface area (Å²) in [5.41, 5.74) is -1.90. The van der Waals surface area contributed by atoms with Gasteiger partial charge in [-0.3, -0.25) is 0 Å². The molecule has 1 aromatic carbocycles. The number of hydrogen-bond donors (Lipinski definition) is 0. The third-order valence-corrected chi connectivity index (χ3v) is 4.89. The first-order valence-corrected chi connectivity index (χ1v) is 10.7. The topological polar surface area (TPSA) is 36.9 Å². The van der Waals surface area contributed by atoms with Gasteiger partial charge in [0.1, 0.15) is 17.4 Å². The first kappa shape index (κ1) is 29.2. The molecule has 0 aromatic heterocycles. The van der Waals surface area contributed by atoms with Gasteiger partial charge >= 0.3 is 6.11 Å². The highest BCUT2D eigenvalue weighted by Crippen LogP contribution is 2.36. The van der Waals surface area contributed by atoms with E-state index >= 15 is 0 Å². The molecule has 1 heterocycles. The van der Waals surface area contributed by atoms with E-state index < -0.39 is 58.2 Å². The van der Waals surface area contributed by atoms with Crippen LogP contribution in [0.15, 0.2) is 91.1 Å². The van der Waals surface area contributed by atoms with Gasteiger partial charge in [0.2, 0.25) is 0 Å². The lowest BCUT2D eigenvalue weighted by Crippen LogP contribution is -2.30. The summed E-state index contributed by atoms with van der Waals surface area (Å²) in [6.07, 6.45) is -4.23. The Morgan fingerprint density at radius 1 is 1.06 bits per heavy atom. The van der Waals surface area contributed by atoms with Crippen LogP contribution in [0.5, 0.6) is 0 Å². The van der Waals surface area contributed by atoms with Crippen LogP contribution in [0.1, 0.15) is 24.3 Å². The molecule has 0 radical (unpaired) electrons. The summed E-state index contributed by atoms with van der Waals surface area (Å²) in [4.78, 5) is 0. The normalized spacial score (nSPS) is 19.1. The van der Waals surface area contributed by atoms with Crippen LogP contribution in [-0.2, 0) is 25.1 Å². The van der Waals surface area contributed by atoms with Crippen molar-refractivity contribution in [1.29, 1.82) is 0 Å². The zero-order valence-electron chi connectivity index (χ0n) is 19.6. The van der Waals surface area contributed by atoms with Gasteiger partial charge in [-0.1, -0.05) is 32.4 Å². The van der Waals surface area contributed by atoms with E-state index in [1.165, 1.54) is 6.07 Å². The van der Waals surface area contributed by atoms with Crippen LogP contribution in [-0.4, -0.2) is 26.4 Å². The summed E-state index contributed by atoms with van der Waals surface area (Å²) < 4.78 is 105. The predicted octanol–water partition coefficient (Wildman–Crippen LogP) is 7.41. The minimum absolute atomic E-state index is 0.00559. The Morgan fingerprint density at radius 3 is 2.25 bits per heavy atom. The quantitative estimate of drug-likeness (QED) is 0.165. The standard InChI is InChI=1S/C26H26F6O4/c1-6-33-12-19-13-34-25(35-14-19)20-7-8-21(24(30)11-20)26(31,32)36-16(3)10-22(28)17(4)15(2)9-23(29)18(5)27/h7-11,19,25H,2-6,12-14H2,1H3/b22-10+,23-9+. The van der Waals surface area contributed by atoms with E-state index in [2.05, 4.69) is 31.1 Å². The van der Waals surface area contributed by atoms with E-state index in [0.717, 1.165) is 12.1 Å². The minimum atomic E-state index is -4.23. The van der Waals surface area contributed by atoms with Crippen LogP contribution >= 0.6 is 0 Å². The second kappa shape index (κ2) is 12.8. The molecule has 4 nitrogen and oxygen atoms in total. The smallest absolute Gasteiger partial charge is 0.429 e. The van der Waals surface area contributed by atoms with Gasteiger partial charge in [-0.15, -0.1) is 0 Å². The number of benzene rings is 1. The van der Waals surface area contributed by atoms with Gasteiger partial charge in [-0.25, -0.2) is 17.6 Å². The van der Waals surface area contributed by atoms with Crippen LogP contribution in [0.25, 0.3) is 0 Å². The van der Waals surface area contributed by atoms with Crippen molar-refractivity contribution in [2.75, 3.05) is 26.4 Å². The molecule has 196 valence electrons. The maximum atomic E-state index is 14.6. The average molecular weight is 516 g/mol. The van der Waals surface area contributed by atoms with Crippen molar-refractivity contribution in [1.82, 2.24) is 0 Å². The Kier molecular flexibility index (Phi) is 10.3. The van der Waals surface area contributed by atoms with Crippen molar-refractivity contribution >= 4 is 0 Å². The molecule has 1 saturated heterocycles. The first-order valence-electron chi connectivity index (χ1n) is 10.7. The van der Waals surface area contributed by atoms with Gasteiger partial charge in [-0.05, 0) is 30.7 Å². The maximum Gasteiger partial charge on any atom is 0.429 e. The zero-order chi connectivity index (χ0) is 27.0. The van der Waals surface area contributed by atoms with E-state index in [1.807, 2.05) is 6.92 Å². The average Bonchev–Trinajstić information content (AvgIpc) is 2.81. The Morgan fingerprint density at radius 2 is 1.69 bits per heavy atom. The molecular formula is C26H26F6O4. The van der Waals surface area contributed by atoms with E-state index in [0.29, 0.717) is 25.4 Å². The number of rotatable bonds is 12. The number of halogens is 6. The van der Waals surface area contributed by atoms with Gasteiger partial charge < -0.3 is 18.9 Å². The Hall–Kier alpha value is -3.08. The highest BCUT2D eigenvalue weighted by molar-refractivity contribution is 5.48. The molecule has 2 rings (SSSR count). The minimum Gasteiger partial charge on any atom is -0.429 e. The Labute approximate surface area is 205 Å². The van der Waals surface area contributed by atoms with E-state index in [1.54, 1.807) is 0 Å². The van der Waals surface area contributed by atoms with Crippen molar-refractivity contribution < 1.29 is 45.3 Å². The molecule has 0 bridgehead atoms. The second-order valence-electron chi connectivity index (χ2n) is 7.74. The highest BCUT2D eigenvalue weighted by Gasteiger charge is 2.38. The van der Waals surface area contributed by atoms with E-state index in [-0.39, 0.29) is 24.7 Å². The van der Waals surface area contributed by atoms with Crippen LogP contribution in [0.2, 0.25) is 0 Å². The lowest BCUT2D eigenvalue weighted by Gasteiger charge is -2.29. The van der Waals surface area contributed by atoms with Gasteiger partial charge in [0.25, 0.3) is 0 Å². The van der Waals surface area contributed by atoms with Crippen molar-refractivity contribution in [2.24, 2.45) is 5.92 Å². The number of alkyl halides is 2. The summed E-state index contributed by atoms with van der Waals surface area (Å²) >= 11 is 0. The first-order chi connectivity index (χ1) is 16.9. The summed E-state index contributed by atoms with van der Waals surface area (Å²) in [6.45, 7) is 15.9. The molecule has 0 unspecified atom stereocenters. The van der Waals surface area contributed by atoms with Gasteiger partial charge in [0.15, 0.2) is 17.9 Å². The van der Waals surface area contributed by atoms with E-state index in [4.69, 9.17) is 14.2 Å². The van der Waals surface area contributed by atoms with Crippen molar-refractivity contribution in [3.63, 3.8) is 0 Å². The third kappa shape index (κ3) is 7.97. The van der Waals surface area contributed by atoms with Crippen LogP contribution < -0.4 is 0 Å². The summed E-state index contributed by atoms with van der Waals surface area (Å²) in [7, 11) is 0. The molecule has 0 N–H and O–H groups in total. The highest BCUT2D eigenvalue weighted by atomic mass is 19.3. The SMILES string of the molecule is C=C(/C=C(/F)C(=C)C(=C)/C=C(/F)C(=C)F)OC(F)(F)c1ccc(C2OCC(COCC)CO2)cc1F.